The highest BCUT2D eigenvalue weighted by atomic mass is 35.5. The molecule has 126 valence electrons. The Bertz CT molecular complexity index is 766. The number of alkyl halides is 1. The van der Waals surface area contributed by atoms with Crippen molar-refractivity contribution in [2.75, 3.05) is 4.90 Å². The number of para-hydroxylation sites is 1. The zero-order valence-corrected chi connectivity index (χ0v) is 15.4. The molecule has 3 nitrogen and oxygen atoms in total. The van der Waals surface area contributed by atoms with E-state index in [-0.39, 0.29) is 23.7 Å². The van der Waals surface area contributed by atoms with Gasteiger partial charge in [-0.15, -0.1) is 11.6 Å². The number of fused-ring (bicyclic) bond motifs is 5. The molecule has 0 radical (unpaired) electrons. The predicted molar refractivity (Wildman–Crippen MR) is 94.8 cm³/mol. The van der Waals surface area contributed by atoms with Crippen LogP contribution in [0.1, 0.15) is 34.6 Å². The Labute approximate surface area is 147 Å². The van der Waals surface area contributed by atoms with Gasteiger partial charge in [-0.25, -0.2) is 4.90 Å². The van der Waals surface area contributed by atoms with Crippen LogP contribution in [0.3, 0.4) is 0 Å². The van der Waals surface area contributed by atoms with Gasteiger partial charge in [0.2, 0.25) is 11.8 Å². The Morgan fingerprint density at radius 2 is 1.29 bits per heavy atom. The third-order valence-electron chi connectivity index (χ3n) is 7.64. The molecule has 1 saturated heterocycles. The van der Waals surface area contributed by atoms with Crippen LogP contribution in [0.25, 0.3) is 0 Å². The fraction of sp³-hybridized carbons (Fsp3) is 0.500. The first-order valence-electron chi connectivity index (χ1n) is 8.42. The number of carbonyl (C=O) groups excluding carboxylic acids is 2. The first kappa shape index (κ1) is 15.9. The molecule has 1 unspecified atom stereocenters. The first-order valence-corrected chi connectivity index (χ1v) is 8.79. The van der Waals surface area contributed by atoms with Crippen LogP contribution in [-0.4, -0.2) is 16.7 Å². The molecule has 2 amide bonds. The predicted octanol–water partition coefficient (Wildman–Crippen LogP) is 4.17. The van der Waals surface area contributed by atoms with Crippen molar-refractivity contribution < 1.29 is 9.59 Å². The van der Waals surface area contributed by atoms with Crippen LogP contribution >= 0.6 is 11.6 Å². The molecule has 0 aromatic heterocycles. The van der Waals surface area contributed by atoms with Gasteiger partial charge in [-0.2, -0.15) is 0 Å². The molecule has 2 aliphatic carbocycles. The average Bonchev–Trinajstić information content (AvgIpc) is 2.93. The molecule has 5 atom stereocenters. The van der Waals surface area contributed by atoms with E-state index in [0.29, 0.717) is 5.69 Å². The number of allylic oxidation sites excluding steroid dienone is 2. The van der Waals surface area contributed by atoms with Gasteiger partial charge >= 0.3 is 0 Å². The maximum Gasteiger partial charge on any atom is 0.238 e. The van der Waals surface area contributed by atoms with Crippen LogP contribution in [-0.2, 0) is 9.59 Å². The second kappa shape index (κ2) is 4.32. The molecule has 0 N–H and O–H groups in total. The number of nitrogens with zero attached hydrogens (tertiary/aromatic N) is 1. The first-order chi connectivity index (χ1) is 11.1. The van der Waals surface area contributed by atoms with Gasteiger partial charge in [0.05, 0.1) is 22.4 Å². The minimum absolute atomic E-state index is 0.110. The lowest BCUT2D eigenvalue weighted by atomic mass is 9.66. The van der Waals surface area contributed by atoms with Gasteiger partial charge in [-0.1, -0.05) is 43.2 Å². The quantitative estimate of drug-likeness (QED) is 0.436. The summed E-state index contributed by atoms with van der Waals surface area (Å²) in [5, 5.41) is 0. The van der Waals surface area contributed by atoms with Crippen LogP contribution in [0.4, 0.5) is 5.69 Å². The minimum Gasteiger partial charge on any atom is -0.274 e. The summed E-state index contributed by atoms with van der Waals surface area (Å²) in [6.45, 7) is 10.3. The lowest BCUT2D eigenvalue weighted by Crippen LogP contribution is -2.47. The second-order valence-electron chi connectivity index (χ2n) is 7.96. The van der Waals surface area contributed by atoms with Crippen LogP contribution < -0.4 is 4.90 Å². The third-order valence-corrected chi connectivity index (χ3v) is 8.42. The Morgan fingerprint density at radius 1 is 0.875 bits per heavy atom. The summed E-state index contributed by atoms with van der Waals surface area (Å²) in [4.78, 5) is 27.3. The summed E-state index contributed by atoms with van der Waals surface area (Å²) in [5.41, 5.74) is 1.97. The molecule has 0 spiro atoms. The number of amides is 2. The maximum atomic E-state index is 13.3. The average molecular weight is 344 g/mol. The minimum atomic E-state index is -0.641. The fourth-order valence-corrected chi connectivity index (χ4v) is 6.26. The molecular formula is C20H22ClNO2. The zero-order chi connectivity index (χ0) is 17.7. The number of imide groups is 1. The highest BCUT2D eigenvalue weighted by molar-refractivity contribution is 6.30. The SMILES string of the molecule is CC1=C(C)[C@]2(C)[C@@H]3C(=O)N(c4ccccc4)C(=O)[C@@H]3[C@@]1(C)C2(C)Cl. The Kier molecular flexibility index (Phi) is 2.86. The fourth-order valence-electron chi connectivity index (χ4n) is 5.74. The van der Waals surface area contributed by atoms with Crippen LogP contribution in [0.2, 0.25) is 0 Å². The normalized spacial score (nSPS) is 43.8. The molecule has 3 aliphatic rings. The second-order valence-corrected chi connectivity index (χ2v) is 8.72. The van der Waals surface area contributed by atoms with Crippen molar-refractivity contribution in [2.45, 2.75) is 39.5 Å². The molecule has 2 fully saturated rings. The maximum absolute atomic E-state index is 13.3. The lowest BCUT2D eigenvalue weighted by Gasteiger charge is -2.41. The molecule has 1 saturated carbocycles. The monoisotopic (exact) mass is 343 g/mol. The van der Waals surface area contributed by atoms with E-state index in [0.717, 1.165) is 0 Å². The standard InChI is InChI=1S/C20H22ClNO2/c1-11-12(2)19(4)15-14(18(11,3)20(19,5)21)16(23)22(17(15)24)13-9-7-6-8-10-13/h6-10,14-15H,1-5H3/t14-,15+,18+,19-,20?. The summed E-state index contributed by atoms with van der Waals surface area (Å²) < 4.78 is 0. The Morgan fingerprint density at radius 3 is 1.71 bits per heavy atom. The highest BCUT2D eigenvalue weighted by Gasteiger charge is 2.81. The van der Waals surface area contributed by atoms with E-state index in [9.17, 15) is 9.59 Å². The molecule has 4 rings (SSSR count). The van der Waals surface area contributed by atoms with Crippen molar-refractivity contribution in [1.82, 2.24) is 0 Å². The van der Waals surface area contributed by atoms with Crippen molar-refractivity contribution >= 4 is 29.1 Å². The number of benzene rings is 1. The number of carbonyl (C=O) groups is 2. The molecular weight excluding hydrogens is 322 g/mol. The summed E-state index contributed by atoms with van der Waals surface area (Å²) in [7, 11) is 0. The molecule has 4 heteroatoms. The van der Waals surface area contributed by atoms with Crippen molar-refractivity contribution in [3.8, 4) is 0 Å². The van der Waals surface area contributed by atoms with Gasteiger partial charge in [0.25, 0.3) is 0 Å². The topological polar surface area (TPSA) is 37.4 Å². The largest absolute Gasteiger partial charge is 0.274 e. The molecule has 1 aromatic rings. The number of anilines is 1. The van der Waals surface area contributed by atoms with E-state index in [1.165, 1.54) is 16.0 Å². The number of hydrogen-bond donors (Lipinski definition) is 0. The lowest BCUT2D eigenvalue weighted by molar-refractivity contribution is -0.124. The van der Waals surface area contributed by atoms with Crippen molar-refractivity contribution in [3.05, 3.63) is 41.5 Å². The van der Waals surface area contributed by atoms with Gasteiger partial charge in [0.15, 0.2) is 0 Å². The molecule has 1 aromatic carbocycles. The smallest absolute Gasteiger partial charge is 0.238 e. The van der Waals surface area contributed by atoms with Gasteiger partial charge < -0.3 is 0 Å². The number of halogens is 1. The Hall–Kier alpha value is -1.61. The van der Waals surface area contributed by atoms with Crippen LogP contribution in [0.15, 0.2) is 41.5 Å². The summed E-state index contributed by atoms with van der Waals surface area (Å²) in [5.74, 6) is -0.995. The Balaban J connectivity index is 1.93. The van der Waals surface area contributed by atoms with Crippen LogP contribution in [0, 0.1) is 22.7 Å². The van der Waals surface area contributed by atoms with Gasteiger partial charge in [0, 0.05) is 10.8 Å². The number of hydrogen-bond acceptors (Lipinski definition) is 2. The summed E-state index contributed by atoms with van der Waals surface area (Å²) in [6, 6.07) is 9.21. The van der Waals surface area contributed by atoms with E-state index in [1.807, 2.05) is 37.3 Å². The number of rotatable bonds is 1. The summed E-state index contributed by atoms with van der Waals surface area (Å²) >= 11 is 7.07. The van der Waals surface area contributed by atoms with E-state index in [2.05, 4.69) is 27.7 Å². The van der Waals surface area contributed by atoms with E-state index >= 15 is 0 Å². The third kappa shape index (κ3) is 1.31. The van der Waals surface area contributed by atoms with E-state index in [1.54, 1.807) is 0 Å². The van der Waals surface area contributed by atoms with Crippen LogP contribution in [0.5, 0.6) is 0 Å². The summed E-state index contributed by atoms with van der Waals surface area (Å²) in [6.07, 6.45) is 0. The van der Waals surface area contributed by atoms with Crippen molar-refractivity contribution in [3.63, 3.8) is 0 Å². The van der Waals surface area contributed by atoms with Gasteiger partial charge in [-0.05, 0) is 32.9 Å². The van der Waals surface area contributed by atoms with Crippen molar-refractivity contribution in [2.24, 2.45) is 22.7 Å². The molecule has 1 heterocycles. The van der Waals surface area contributed by atoms with E-state index in [4.69, 9.17) is 11.6 Å². The molecule has 2 bridgehead atoms. The molecule has 1 aliphatic heterocycles. The van der Waals surface area contributed by atoms with Gasteiger partial charge in [0.1, 0.15) is 0 Å². The van der Waals surface area contributed by atoms with Gasteiger partial charge in [-0.3, -0.25) is 9.59 Å². The van der Waals surface area contributed by atoms with Crippen molar-refractivity contribution in [1.29, 1.82) is 0 Å². The highest BCUT2D eigenvalue weighted by Crippen LogP contribution is 2.78. The van der Waals surface area contributed by atoms with E-state index < -0.39 is 15.7 Å². The zero-order valence-electron chi connectivity index (χ0n) is 14.7. The molecule has 24 heavy (non-hydrogen) atoms.